The van der Waals surface area contributed by atoms with Crippen LogP contribution in [0.2, 0.25) is 0 Å². The molecule has 24 heavy (non-hydrogen) atoms. The Morgan fingerprint density at radius 3 is 2.54 bits per heavy atom. The van der Waals surface area contributed by atoms with E-state index < -0.39 is 28.4 Å². The van der Waals surface area contributed by atoms with Crippen LogP contribution < -0.4 is 4.90 Å². The zero-order valence-electron chi connectivity index (χ0n) is 12.8. The van der Waals surface area contributed by atoms with E-state index >= 15 is 0 Å². The second-order valence-corrected chi connectivity index (χ2v) is 4.61. The van der Waals surface area contributed by atoms with Crippen LogP contribution in [0, 0.1) is 15.9 Å². The number of halogens is 1. The Kier molecular flexibility index (Phi) is 5.09. The van der Waals surface area contributed by atoms with Gasteiger partial charge in [-0.05, 0) is 12.1 Å². The summed E-state index contributed by atoms with van der Waals surface area (Å²) < 4.78 is 27.8. The van der Waals surface area contributed by atoms with Gasteiger partial charge in [-0.3, -0.25) is 10.1 Å². The fourth-order valence-corrected chi connectivity index (χ4v) is 2.20. The average Bonchev–Trinajstić information content (AvgIpc) is 2.59. The van der Waals surface area contributed by atoms with Crippen LogP contribution in [-0.2, 0) is 23.8 Å². The second kappa shape index (κ2) is 7.04. The Bertz CT molecular complexity index is 732. The van der Waals surface area contributed by atoms with Gasteiger partial charge in [0.15, 0.2) is 0 Å². The number of carbonyl (C=O) groups is 2. The smallest absolute Gasteiger partial charge is 0.355 e. The van der Waals surface area contributed by atoms with Crippen LogP contribution in [0.4, 0.5) is 15.8 Å². The lowest BCUT2D eigenvalue weighted by molar-refractivity contribution is -0.384. The van der Waals surface area contributed by atoms with Crippen molar-refractivity contribution in [3.63, 3.8) is 0 Å². The first-order valence-electron chi connectivity index (χ1n) is 6.59. The van der Waals surface area contributed by atoms with E-state index in [0.29, 0.717) is 6.07 Å². The van der Waals surface area contributed by atoms with Crippen LogP contribution in [-0.4, -0.2) is 44.4 Å². The van der Waals surface area contributed by atoms with Gasteiger partial charge in [0.25, 0.3) is 5.69 Å². The molecule has 0 N–H and O–H groups in total. The molecule has 0 bridgehead atoms. The molecule has 2 rings (SSSR count). The zero-order valence-corrected chi connectivity index (χ0v) is 12.8. The van der Waals surface area contributed by atoms with Crippen molar-refractivity contribution in [1.29, 1.82) is 0 Å². The van der Waals surface area contributed by atoms with Crippen molar-refractivity contribution >= 4 is 23.3 Å². The molecule has 1 heterocycles. The molecule has 0 radical (unpaired) electrons. The number of rotatable bonds is 4. The highest BCUT2D eigenvalue weighted by atomic mass is 19.1. The predicted molar refractivity (Wildman–Crippen MR) is 77.4 cm³/mol. The Labute approximate surface area is 135 Å². The minimum absolute atomic E-state index is 0.122. The summed E-state index contributed by atoms with van der Waals surface area (Å²) in [5.41, 5.74) is -1.13. The van der Waals surface area contributed by atoms with Gasteiger partial charge in [-0.15, -0.1) is 0 Å². The summed E-state index contributed by atoms with van der Waals surface area (Å²) in [5.74, 6) is -2.57. The number of hydrogen-bond donors (Lipinski definition) is 0. The molecule has 128 valence electrons. The minimum atomic E-state index is -0.905. The van der Waals surface area contributed by atoms with Crippen LogP contribution in [0.25, 0.3) is 0 Å². The number of esters is 2. The normalized spacial score (nSPS) is 14.4. The number of hydrogen-bond acceptors (Lipinski definition) is 8. The topological polar surface area (TPSA) is 108 Å². The van der Waals surface area contributed by atoms with E-state index in [4.69, 9.17) is 4.74 Å². The summed E-state index contributed by atoms with van der Waals surface area (Å²) in [6, 6.07) is 2.81. The van der Waals surface area contributed by atoms with Crippen molar-refractivity contribution in [3.05, 3.63) is 45.4 Å². The van der Waals surface area contributed by atoms with E-state index in [1.54, 1.807) is 0 Å². The number of benzene rings is 1. The van der Waals surface area contributed by atoms with Gasteiger partial charge < -0.3 is 19.1 Å². The van der Waals surface area contributed by atoms with Crippen LogP contribution in [0.1, 0.15) is 0 Å². The van der Waals surface area contributed by atoms with Crippen LogP contribution >= 0.6 is 0 Å². The highest BCUT2D eigenvalue weighted by Gasteiger charge is 2.35. The van der Waals surface area contributed by atoms with Crippen molar-refractivity contribution in [1.82, 2.24) is 0 Å². The van der Waals surface area contributed by atoms with Gasteiger partial charge in [-0.25, -0.2) is 14.0 Å². The first-order chi connectivity index (χ1) is 11.4. The van der Waals surface area contributed by atoms with Crippen LogP contribution in [0.5, 0.6) is 0 Å². The number of anilines is 1. The van der Waals surface area contributed by atoms with Crippen molar-refractivity contribution in [3.8, 4) is 0 Å². The molecule has 0 atom stereocenters. The first-order valence-corrected chi connectivity index (χ1v) is 6.59. The van der Waals surface area contributed by atoms with E-state index in [9.17, 15) is 24.1 Å². The van der Waals surface area contributed by atoms with Gasteiger partial charge in [0.2, 0.25) is 0 Å². The molecule has 1 aromatic carbocycles. The third-order valence-corrected chi connectivity index (χ3v) is 3.26. The number of nitro groups is 1. The Balaban J connectivity index is 2.66. The van der Waals surface area contributed by atoms with E-state index in [2.05, 4.69) is 9.47 Å². The molecular formula is C14H13FN2O7. The summed E-state index contributed by atoms with van der Waals surface area (Å²) >= 11 is 0. The number of nitro benzene ring substituents is 1. The molecule has 0 aromatic heterocycles. The fraction of sp³-hybridized carbons (Fsp3) is 0.286. The highest BCUT2D eigenvalue weighted by molar-refractivity contribution is 6.03. The Morgan fingerprint density at radius 2 is 1.96 bits per heavy atom. The number of methoxy groups -OCH3 is 2. The van der Waals surface area contributed by atoms with Crippen molar-refractivity contribution < 1.29 is 33.1 Å². The lowest BCUT2D eigenvalue weighted by Crippen LogP contribution is -2.39. The molecule has 0 saturated carbocycles. The standard InChI is InChI=1S/C14H13FN2O7/c1-22-13(18)9-6-24-7-16(12(9)14(19)23-2)10-4-3-8(15)5-11(10)17(20)21/h3-5H,6-7H2,1-2H3. The van der Waals surface area contributed by atoms with Gasteiger partial charge in [-0.2, -0.15) is 0 Å². The molecule has 0 fully saturated rings. The number of ether oxygens (including phenoxy) is 3. The van der Waals surface area contributed by atoms with Crippen molar-refractivity contribution in [2.24, 2.45) is 0 Å². The third kappa shape index (κ3) is 3.18. The summed E-state index contributed by atoms with van der Waals surface area (Å²) in [6.07, 6.45) is 0. The van der Waals surface area contributed by atoms with Crippen LogP contribution in [0.15, 0.2) is 29.5 Å². The average molecular weight is 340 g/mol. The quantitative estimate of drug-likeness (QED) is 0.456. The summed E-state index contributed by atoms with van der Waals surface area (Å²) in [7, 11) is 2.21. The predicted octanol–water partition coefficient (Wildman–Crippen LogP) is 1.13. The summed E-state index contributed by atoms with van der Waals surface area (Å²) in [6.45, 7) is -0.500. The molecule has 0 saturated heterocycles. The molecule has 0 amide bonds. The van der Waals surface area contributed by atoms with Crippen LogP contribution in [0.3, 0.4) is 0 Å². The second-order valence-electron chi connectivity index (χ2n) is 4.61. The molecule has 1 aliphatic heterocycles. The molecule has 0 aliphatic carbocycles. The van der Waals surface area contributed by atoms with Gasteiger partial charge in [0.1, 0.15) is 23.9 Å². The maximum atomic E-state index is 13.3. The molecule has 1 aromatic rings. The van der Waals surface area contributed by atoms with Crippen molar-refractivity contribution in [2.75, 3.05) is 32.5 Å². The zero-order chi connectivity index (χ0) is 17.9. The molecule has 0 unspecified atom stereocenters. The lowest BCUT2D eigenvalue weighted by atomic mass is 10.1. The maximum Gasteiger partial charge on any atom is 0.355 e. The highest BCUT2D eigenvalue weighted by Crippen LogP contribution is 2.34. The maximum absolute atomic E-state index is 13.3. The SMILES string of the molecule is COC(=O)C1=C(C(=O)OC)N(c2ccc(F)cc2[N+](=O)[O-])COC1. The molecular weight excluding hydrogens is 327 g/mol. The van der Waals surface area contributed by atoms with E-state index in [0.717, 1.165) is 31.3 Å². The Hall–Kier alpha value is -3.01. The third-order valence-electron chi connectivity index (χ3n) is 3.26. The first kappa shape index (κ1) is 17.3. The molecule has 10 heteroatoms. The monoisotopic (exact) mass is 340 g/mol. The van der Waals surface area contributed by atoms with Gasteiger partial charge in [0.05, 0.1) is 37.4 Å². The van der Waals surface area contributed by atoms with Gasteiger partial charge in [-0.1, -0.05) is 0 Å². The van der Waals surface area contributed by atoms with E-state index in [1.165, 1.54) is 0 Å². The summed E-state index contributed by atoms with van der Waals surface area (Å²) in [4.78, 5) is 35.4. The minimum Gasteiger partial charge on any atom is -0.466 e. The summed E-state index contributed by atoms with van der Waals surface area (Å²) in [5, 5.41) is 11.2. The van der Waals surface area contributed by atoms with Gasteiger partial charge >= 0.3 is 11.9 Å². The number of nitrogens with zero attached hydrogens (tertiary/aromatic N) is 2. The molecule has 9 nitrogen and oxygen atoms in total. The van der Waals surface area contributed by atoms with Crippen molar-refractivity contribution in [2.45, 2.75) is 0 Å². The largest absolute Gasteiger partial charge is 0.466 e. The van der Waals surface area contributed by atoms with Gasteiger partial charge in [0, 0.05) is 0 Å². The lowest BCUT2D eigenvalue weighted by Gasteiger charge is -2.30. The Morgan fingerprint density at radius 1 is 1.29 bits per heavy atom. The van der Waals surface area contributed by atoms with E-state index in [-0.39, 0.29) is 30.3 Å². The van der Waals surface area contributed by atoms with E-state index in [1.807, 2.05) is 0 Å². The fourth-order valence-electron chi connectivity index (χ4n) is 2.20. The molecule has 1 aliphatic rings. The molecule has 0 spiro atoms. The number of carbonyl (C=O) groups excluding carboxylic acids is 2.